The molecule has 2 aromatic rings. The Morgan fingerprint density at radius 2 is 2.04 bits per heavy atom. The van der Waals surface area contributed by atoms with E-state index in [0.29, 0.717) is 23.7 Å². The maximum absolute atomic E-state index is 12.4. The molecule has 0 radical (unpaired) electrons. The summed E-state index contributed by atoms with van der Waals surface area (Å²) in [6, 6.07) is 5.87. The van der Waals surface area contributed by atoms with Crippen molar-refractivity contribution < 1.29 is 9.59 Å². The Labute approximate surface area is 146 Å². The van der Waals surface area contributed by atoms with E-state index >= 15 is 0 Å². The molecule has 1 aromatic carbocycles. The topological polar surface area (TPSA) is 90.0 Å². The number of anilines is 1. The number of aromatic nitrogens is 2. The zero-order valence-electron chi connectivity index (χ0n) is 14.3. The van der Waals surface area contributed by atoms with Crippen molar-refractivity contribution in [3.8, 4) is 5.69 Å². The average molecular weight is 338 g/mol. The number of nitrogens with zero attached hydrogens (tertiary/aromatic N) is 2. The molecule has 3 N–H and O–H groups in total. The van der Waals surface area contributed by atoms with Gasteiger partial charge in [-0.25, -0.2) is 4.98 Å². The number of amides is 1. The molecule has 4 rings (SSSR count). The highest BCUT2D eigenvalue weighted by Crippen LogP contribution is 2.34. The number of ketones is 1. The molecule has 0 bridgehead atoms. The minimum absolute atomic E-state index is 0.161. The highest BCUT2D eigenvalue weighted by molar-refractivity contribution is 5.98. The molecule has 130 valence electrons. The van der Waals surface area contributed by atoms with Crippen LogP contribution in [0.4, 0.5) is 5.82 Å². The van der Waals surface area contributed by atoms with E-state index in [4.69, 9.17) is 5.73 Å². The van der Waals surface area contributed by atoms with Crippen LogP contribution in [-0.4, -0.2) is 27.3 Å². The lowest BCUT2D eigenvalue weighted by molar-refractivity contribution is 0.0945. The summed E-state index contributed by atoms with van der Waals surface area (Å²) in [7, 11) is 0. The monoisotopic (exact) mass is 338 g/mol. The third-order valence-electron chi connectivity index (χ3n) is 4.89. The van der Waals surface area contributed by atoms with Gasteiger partial charge in [-0.2, -0.15) is 0 Å². The Morgan fingerprint density at radius 3 is 2.72 bits per heavy atom. The number of carbonyl (C=O) groups is 2. The van der Waals surface area contributed by atoms with Crippen LogP contribution in [0.15, 0.2) is 24.5 Å². The highest BCUT2D eigenvalue weighted by Gasteiger charge is 2.27. The first-order valence-corrected chi connectivity index (χ1v) is 8.81. The first-order chi connectivity index (χ1) is 12.0. The van der Waals surface area contributed by atoms with Crippen LogP contribution in [-0.2, 0) is 0 Å². The van der Waals surface area contributed by atoms with Crippen LogP contribution in [0.1, 0.15) is 58.5 Å². The van der Waals surface area contributed by atoms with Gasteiger partial charge >= 0.3 is 0 Å². The molecule has 6 nitrogen and oxygen atoms in total. The highest BCUT2D eigenvalue weighted by atomic mass is 16.2. The summed E-state index contributed by atoms with van der Waals surface area (Å²) >= 11 is 0. The van der Waals surface area contributed by atoms with Crippen LogP contribution in [0.3, 0.4) is 0 Å². The first kappa shape index (κ1) is 15.9. The van der Waals surface area contributed by atoms with Crippen LogP contribution in [0, 0.1) is 12.8 Å². The van der Waals surface area contributed by atoms with Crippen molar-refractivity contribution in [2.24, 2.45) is 5.92 Å². The fraction of sp³-hybridized carbons (Fsp3) is 0.421. The Morgan fingerprint density at radius 1 is 1.28 bits per heavy atom. The lowest BCUT2D eigenvalue weighted by Gasteiger charge is -2.11. The summed E-state index contributed by atoms with van der Waals surface area (Å²) in [5.74, 6) is 0.771. The van der Waals surface area contributed by atoms with Crippen molar-refractivity contribution in [1.29, 1.82) is 0 Å². The number of nitrogen functional groups attached to an aromatic ring is 1. The summed E-state index contributed by atoms with van der Waals surface area (Å²) in [6.07, 6.45) is 6.48. The number of rotatable bonds is 6. The van der Waals surface area contributed by atoms with Crippen molar-refractivity contribution in [1.82, 2.24) is 14.9 Å². The lowest BCUT2D eigenvalue weighted by Crippen LogP contribution is -2.26. The van der Waals surface area contributed by atoms with Crippen LogP contribution in [0.25, 0.3) is 5.69 Å². The Balaban J connectivity index is 1.63. The number of nitrogens with two attached hydrogens (primary N) is 1. The van der Waals surface area contributed by atoms with Gasteiger partial charge in [0.1, 0.15) is 12.1 Å². The number of Topliss-reactive ketones (excluding diaryl/α,β-unsaturated/α-hetero) is 1. The standard InChI is InChI=1S/C19H22N4O2/c1-11-2-5-13(16(24)8-12-3-4-12)9-15(11)23-10-21-17(18(23)20)19(25)22-14-6-7-14/h2,5,9-10,12,14H,3-4,6-8,20H2,1H3,(H,22,25). The maximum atomic E-state index is 12.4. The quantitative estimate of drug-likeness (QED) is 0.792. The van der Waals surface area contributed by atoms with Crippen LogP contribution >= 0.6 is 0 Å². The van der Waals surface area contributed by atoms with E-state index in [1.807, 2.05) is 25.1 Å². The summed E-state index contributed by atoms with van der Waals surface area (Å²) in [4.78, 5) is 28.8. The average Bonchev–Trinajstić information content (AvgIpc) is 3.50. The van der Waals surface area contributed by atoms with Crippen molar-refractivity contribution in [2.45, 2.75) is 45.1 Å². The number of carbonyl (C=O) groups excluding carboxylic acids is 2. The van der Waals surface area contributed by atoms with Gasteiger partial charge in [0.05, 0.1) is 5.69 Å². The third-order valence-corrected chi connectivity index (χ3v) is 4.89. The molecule has 2 aliphatic rings. The second-order valence-electron chi connectivity index (χ2n) is 7.17. The molecule has 6 heteroatoms. The second-order valence-corrected chi connectivity index (χ2v) is 7.17. The molecule has 0 unspecified atom stereocenters. The largest absolute Gasteiger partial charge is 0.383 e. The summed E-state index contributed by atoms with van der Waals surface area (Å²) < 4.78 is 1.69. The molecule has 0 aliphatic heterocycles. The van der Waals surface area contributed by atoms with E-state index in [0.717, 1.165) is 36.9 Å². The van der Waals surface area contributed by atoms with Gasteiger partial charge in [0.25, 0.3) is 5.91 Å². The molecule has 2 aliphatic carbocycles. The number of nitrogens with one attached hydrogen (secondary N) is 1. The molecular weight excluding hydrogens is 316 g/mol. The number of aryl methyl sites for hydroxylation is 1. The molecule has 2 fully saturated rings. The molecule has 1 aromatic heterocycles. The van der Waals surface area contributed by atoms with Gasteiger partial charge in [-0.1, -0.05) is 12.1 Å². The number of hydrogen-bond donors (Lipinski definition) is 2. The van der Waals surface area contributed by atoms with Gasteiger partial charge in [0, 0.05) is 18.0 Å². The van der Waals surface area contributed by atoms with E-state index in [-0.39, 0.29) is 23.4 Å². The Bertz CT molecular complexity index is 847. The minimum atomic E-state index is -0.239. The van der Waals surface area contributed by atoms with E-state index in [9.17, 15) is 9.59 Å². The summed E-state index contributed by atoms with van der Waals surface area (Å²) in [5.41, 5.74) is 8.86. The van der Waals surface area contributed by atoms with Gasteiger partial charge < -0.3 is 11.1 Å². The fourth-order valence-electron chi connectivity index (χ4n) is 2.95. The number of benzene rings is 1. The molecule has 1 heterocycles. The van der Waals surface area contributed by atoms with E-state index in [2.05, 4.69) is 10.3 Å². The van der Waals surface area contributed by atoms with Crippen LogP contribution in [0.5, 0.6) is 0 Å². The second kappa shape index (κ2) is 6.02. The third kappa shape index (κ3) is 3.29. The molecule has 25 heavy (non-hydrogen) atoms. The maximum Gasteiger partial charge on any atom is 0.273 e. The SMILES string of the molecule is Cc1ccc(C(=O)CC2CC2)cc1-n1cnc(C(=O)NC2CC2)c1N. The molecule has 1 amide bonds. The van der Waals surface area contributed by atoms with Crippen molar-refractivity contribution in [3.05, 3.63) is 41.3 Å². The molecular formula is C19H22N4O2. The molecule has 2 saturated carbocycles. The Kier molecular flexibility index (Phi) is 3.82. The number of hydrogen-bond acceptors (Lipinski definition) is 4. The fourth-order valence-corrected chi connectivity index (χ4v) is 2.95. The lowest BCUT2D eigenvalue weighted by atomic mass is 10.0. The normalized spacial score (nSPS) is 16.7. The van der Waals surface area contributed by atoms with Crippen LogP contribution < -0.4 is 11.1 Å². The molecule has 0 spiro atoms. The van der Waals surface area contributed by atoms with Gasteiger partial charge in [-0.3, -0.25) is 14.2 Å². The molecule has 0 saturated heterocycles. The van der Waals surface area contributed by atoms with E-state index in [1.54, 1.807) is 10.9 Å². The van der Waals surface area contributed by atoms with Gasteiger partial charge in [0.2, 0.25) is 0 Å². The zero-order chi connectivity index (χ0) is 17.6. The molecule has 0 atom stereocenters. The predicted octanol–water partition coefficient (Wildman–Crippen LogP) is 2.64. The van der Waals surface area contributed by atoms with Gasteiger partial charge in [-0.05, 0) is 50.2 Å². The van der Waals surface area contributed by atoms with E-state index in [1.165, 1.54) is 0 Å². The smallest absolute Gasteiger partial charge is 0.273 e. The van der Waals surface area contributed by atoms with Crippen molar-refractivity contribution in [2.75, 3.05) is 5.73 Å². The predicted molar refractivity (Wildman–Crippen MR) is 94.9 cm³/mol. The summed E-state index contributed by atoms with van der Waals surface area (Å²) in [5, 5.41) is 2.90. The van der Waals surface area contributed by atoms with Crippen LogP contribution in [0.2, 0.25) is 0 Å². The van der Waals surface area contributed by atoms with Gasteiger partial charge in [0.15, 0.2) is 11.5 Å². The summed E-state index contributed by atoms with van der Waals surface area (Å²) in [6.45, 7) is 1.95. The van der Waals surface area contributed by atoms with Crippen molar-refractivity contribution in [3.63, 3.8) is 0 Å². The minimum Gasteiger partial charge on any atom is -0.383 e. The van der Waals surface area contributed by atoms with E-state index < -0.39 is 0 Å². The first-order valence-electron chi connectivity index (χ1n) is 8.81. The Hall–Kier alpha value is -2.63. The van der Waals surface area contributed by atoms with Gasteiger partial charge in [-0.15, -0.1) is 0 Å². The van der Waals surface area contributed by atoms with Crippen molar-refractivity contribution >= 4 is 17.5 Å². The zero-order valence-corrected chi connectivity index (χ0v) is 14.3. The number of imidazole rings is 1.